The summed E-state index contributed by atoms with van der Waals surface area (Å²) in [6.45, 7) is 0.169. The third kappa shape index (κ3) is 4.64. The van der Waals surface area contributed by atoms with Gasteiger partial charge in [0.2, 0.25) is 0 Å². The van der Waals surface area contributed by atoms with Crippen molar-refractivity contribution in [1.29, 1.82) is 0 Å². The Morgan fingerprint density at radius 1 is 1.50 bits per heavy atom. The van der Waals surface area contributed by atoms with Gasteiger partial charge in [-0.1, -0.05) is 0 Å². The molecule has 12 heavy (non-hydrogen) atoms. The van der Waals surface area contributed by atoms with Gasteiger partial charge < -0.3 is 24.4 Å². The summed E-state index contributed by atoms with van der Waals surface area (Å²) >= 11 is 0. The average Bonchev–Trinajstić information content (AvgIpc) is 1.98. The predicted molar refractivity (Wildman–Crippen MR) is 44.7 cm³/mol. The molecule has 0 heterocycles. The summed E-state index contributed by atoms with van der Waals surface area (Å²) in [7, 11) is 0.616. The molecule has 0 saturated carbocycles. The number of aliphatic hydroxyl groups excluding tert-OH is 1. The van der Waals surface area contributed by atoms with E-state index in [1.165, 1.54) is 14.2 Å². The van der Waals surface area contributed by atoms with Crippen LogP contribution in [0.4, 0.5) is 0 Å². The minimum absolute atomic E-state index is 0.169. The molecular weight excluding hydrogens is 183 g/mol. The quantitative estimate of drug-likeness (QED) is 0.436. The Kier molecular flexibility index (Phi) is 6.24. The monoisotopic (exact) mass is 196 g/mol. The van der Waals surface area contributed by atoms with Crippen LogP contribution in [0.2, 0.25) is 0 Å². The van der Waals surface area contributed by atoms with Gasteiger partial charge in [0, 0.05) is 20.0 Å². The number of hydrogen-bond donors (Lipinski definition) is 3. The summed E-state index contributed by atoms with van der Waals surface area (Å²) in [4.78, 5) is 17.0. The summed E-state index contributed by atoms with van der Waals surface area (Å²) in [5, 5.41) is 9.16. The third-order valence-electron chi connectivity index (χ3n) is 1.18. The molecule has 0 aromatic carbocycles. The van der Waals surface area contributed by atoms with Crippen LogP contribution >= 0.6 is 8.38 Å². The van der Waals surface area contributed by atoms with E-state index in [0.29, 0.717) is 0 Å². The van der Waals surface area contributed by atoms with E-state index in [1.54, 1.807) is 0 Å². The van der Waals surface area contributed by atoms with Gasteiger partial charge in [-0.05, 0) is 0 Å². The zero-order chi connectivity index (χ0) is 9.56. The highest BCUT2D eigenvalue weighted by molar-refractivity contribution is 7.48. The molecule has 1 unspecified atom stereocenters. The van der Waals surface area contributed by atoms with Crippen molar-refractivity contribution in [3.8, 4) is 0 Å². The fraction of sp³-hybridized carbons (Fsp3) is 0.667. The van der Waals surface area contributed by atoms with Crippen molar-refractivity contribution in [2.45, 2.75) is 6.10 Å². The van der Waals surface area contributed by atoms with E-state index in [9.17, 15) is 0 Å². The van der Waals surface area contributed by atoms with Crippen molar-refractivity contribution in [1.82, 2.24) is 0 Å². The molecule has 0 rings (SSSR count). The van der Waals surface area contributed by atoms with Gasteiger partial charge in [-0.2, -0.15) is 0 Å². The van der Waals surface area contributed by atoms with Gasteiger partial charge in [-0.3, -0.25) is 0 Å². The molecular formula is C6H13O5P. The maximum Gasteiger partial charge on any atom is 0.195 e. The lowest BCUT2D eigenvalue weighted by atomic mass is 10.3. The summed E-state index contributed by atoms with van der Waals surface area (Å²) in [6, 6.07) is 0. The van der Waals surface area contributed by atoms with Crippen LogP contribution in [0.5, 0.6) is 0 Å². The number of rotatable bonds is 5. The molecule has 6 heteroatoms. The van der Waals surface area contributed by atoms with E-state index in [4.69, 9.17) is 24.4 Å². The topological polar surface area (TPSA) is 79.2 Å². The summed E-state index contributed by atoms with van der Waals surface area (Å²) in [5.74, 6) is 0.707. The smallest absolute Gasteiger partial charge is 0.195 e. The molecule has 72 valence electrons. The SMILES string of the molecule is COCC(OC)/C(O)=C/P(O)O. The first-order chi connectivity index (χ1) is 5.61. The first kappa shape index (κ1) is 11.8. The van der Waals surface area contributed by atoms with Crippen LogP contribution in [0.15, 0.2) is 11.6 Å². The third-order valence-corrected chi connectivity index (χ3v) is 1.68. The largest absolute Gasteiger partial charge is 0.509 e. The van der Waals surface area contributed by atoms with Gasteiger partial charge in [0.05, 0.1) is 6.61 Å². The molecule has 5 nitrogen and oxygen atoms in total. The standard InChI is InChI=1S/C6H13O5P/c1-10-3-6(11-2)5(7)4-12(8)9/h4,6-9H,3H2,1-2H3/b5-4-. The van der Waals surface area contributed by atoms with E-state index in [-0.39, 0.29) is 12.4 Å². The minimum atomic E-state index is -2.24. The van der Waals surface area contributed by atoms with E-state index < -0.39 is 14.5 Å². The second-order valence-corrected chi connectivity index (χ2v) is 2.95. The van der Waals surface area contributed by atoms with Crippen LogP contribution in [0, 0.1) is 0 Å². The normalized spacial score (nSPS) is 15.2. The van der Waals surface area contributed by atoms with E-state index in [0.717, 1.165) is 5.82 Å². The number of hydrogen-bond acceptors (Lipinski definition) is 5. The van der Waals surface area contributed by atoms with E-state index in [1.807, 2.05) is 0 Å². The summed E-state index contributed by atoms with van der Waals surface area (Å²) < 4.78 is 9.51. The van der Waals surface area contributed by atoms with Crippen molar-refractivity contribution < 1.29 is 24.4 Å². The van der Waals surface area contributed by atoms with Crippen molar-refractivity contribution in [3.05, 3.63) is 11.6 Å². The van der Waals surface area contributed by atoms with Crippen molar-refractivity contribution in [2.24, 2.45) is 0 Å². The molecule has 0 spiro atoms. The van der Waals surface area contributed by atoms with E-state index >= 15 is 0 Å². The Hall–Kier alpha value is -0.190. The summed E-state index contributed by atoms with van der Waals surface area (Å²) in [6.07, 6.45) is -0.640. The molecule has 0 amide bonds. The van der Waals surface area contributed by atoms with Crippen LogP contribution < -0.4 is 0 Å². The lowest BCUT2D eigenvalue weighted by molar-refractivity contribution is 0.0267. The van der Waals surface area contributed by atoms with Gasteiger partial charge >= 0.3 is 0 Å². The van der Waals surface area contributed by atoms with Crippen LogP contribution in [-0.2, 0) is 9.47 Å². The molecule has 0 aliphatic heterocycles. The molecule has 0 aromatic rings. The zero-order valence-corrected chi connectivity index (χ0v) is 7.86. The van der Waals surface area contributed by atoms with Gasteiger partial charge in [-0.25, -0.2) is 0 Å². The fourth-order valence-electron chi connectivity index (χ4n) is 0.627. The average molecular weight is 196 g/mol. The predicted octanol–water partition coefficient (Wildman–Crippen LogP) is 0.344. The molecule has 0 radical (unpaired) electrons. The summed E-state index contributed by atoms with van der Waals surface area (Å²) in [5.41, 5.74) is 0. The molecule has 0 fully saturated rings. The van der Waals surface area contributed by atoms with Crippen LogP contribution in [-0.4, -0.2) is 41.8 Å². The Morgan fingerprint density at radius 2 is 2.08 bits per heavy atom. The Labute approximate surface area is 72.2 Å². The highest BCUT2D eigenvalue weighted by Gasteiger charge is 2.13. The molecule has 0 saturated heterocycles. The zero-order valence-electron chi connectivity index (χ0n) is 6.97. The number of aliphatic hydroxyl groups is 1. The molecule has 0 aromatic heterocycles. The lowest BCUT2D eigenvalue weighted by Gasteiger charge is -2.13. The Morgan fingerprint density at radius 3 is 2.42 bits per heavy atom. The van der Waals surface area contributed by atoms with Crippen LogP contribution in [0.25, 0.3) is 0 Å². The molecule has 0 aliphatic rings. The minimum Gasteiger partial charge on any atom is -0.509 e. The number of methoxy groups -OCH3 is 2. The first-order valence-electron chi connectivity index (χ1n) is 3.21. The molecule has 0 bridgehead atoms. The van der Waals surface area contributed by atoms with E-state index in [2.05, 4.69) is 0 Å². The molecule has 1 atom stereocenters. The van der Waals surface area contributed by atoms with Crippen LogP contribution in [0.3, 0.4) is 0 Å². The fourth-order valence-corrected chi connectivity index (χ4v) is 1.03. The van der Waals surface area contributed by atoms with Gasteiger partial charge in [-0.15, -0.1) is 0 Å². The second-order valence-electron chi connectivity index (χ2n) is 2.05. The Balaban J connectivity index is 4.09. The highest BCUT2D eigenvalue weighted by atomic mass is 31.2. The molecule has 0 aliphatic carbocycles. The maximum atomic E-state index is 9.16. The highest BCUT2D eigenvalue weighted by Crippen LogP contribution is 2.27. The van der Waals surface area contributed by atoms with Crippen molar-refractivity contribution >= 4 is 8.38 Å². The second kappa shape index (κ2) is 6.34. The lowest BCUT2D eigenvalue weighted by Crippen LogP contribution is -2.19. The number of ether oxygens (including phenoxy) is 2. The molecule has 3 N–H and O–H groups in total. The van der Waals surface area contributed by atoms with Gasteiger partial charge in [0.25, 0.3) is 0 Å². The van der Waals surface area contributed by atoms with Crippen LogP contribution in [0.1, 0.15) is 0 Å². The van der Waals surface area contributed by atoms with Gasteiger partial charge in [0.15, 0.2) is 8.38 Å². The van der Waals surface area contributed by atoms with Crippen molar-refractivity contribution in [2.75, 3.05) is 20.8 Å². The van der Waals surface area contributed by atoms with Crippen molar-refractivity contribution in [3.63, 3.8) is 0 Å². The Bertz CT molecular complexity index is 147. The first-order valence-corrected chi connectivity index (χ1v) is 4.52. The maximum absolute atomic E-state index is 9.16. The van der Waals surface area contributed by atoms with Gasteiger partial charge in [0.1, 0.15) is 11.9 Å².